The van der Waals surface area contributed by atoms with Crippen molar-refractivity contribution in [2.24, 2.45) is 5.41 Å². The molecule has 3 nitrogen and oxygen atoms in total. The topological polar surface area (TPSA) is 32.7 Å². The SMILES string of the molecule is CC(C)(C)C(C#CCO[Si](C)(C)C(C)(C)C)N(O)Cc1ccccc1. The second-order valence-electron chi connectivity index (χ2n) is 9.22. The zero-order valence-corrected chi connectivity index (χ0v) is 18.2. The molecular formula is C21H35NO2Si. The van der Waals surface area contributed by atoms with Crippen molar-refractivity contribution in [3.63, 3.8) is 0 Å². The van der Waals surface area contributed by atoms with Crippen LogP contribution in [-0.4, -0.2) is 31.2 Å². The minimum Gasteiger partial charge on any atom is -0.406 e. The van der Waals surface area contributed by atoms with Gasteiger partial charge in [0, 0.05) is 0 Å². The smallest absolute Gasteiger partial charge is 0.193 e. The van der Waals surface area contributed by atoms with Gasteiger partial charge in [-0.2, -0.15) is 5.06 Å². The van der Waals surface area contributed by atoms with Crippen LogP contribution in [0.3, 0.4) is 0 Å². The van der Waals surface area contributed by atoms with Crippen LogP contribution in [0.15, 0.2) is 30.3 Å². The molecule has 1 unspecified atom stereocenters. The Morgan fingerprint density at radius 3 is 2.12 bits per heavy atom. The molecule has 0 saturated heterocycles. The van der Waals surface area contributed by atoms with Crippen LogP contribution < -0.4 is 0 Å². The summed E-state index contributed by atoms with van der Waals surface area (Å²) < 4.78 is 6.12. The van der Waals surface area contributed by atoms with Crippen molar-refractivity contribution in [2.75, 3.05) is 6.61 Å². The van der Waals surface area contributed by atoms with Crippen LogP contribution >= 0.6 is 0 Å². The Balaban J connectivity index is 2.78. The average molecular weight is 362 g/mol. The van der Waals surface area contributed by atoms with Crippen LogP contribution in [-0.2, 0) is 11.0 Å². The quantitative estimate of drug-likeness (QED) is 0.438. The number of rotatable bonds is 5. The number of benzene rings is 1. The zero-order chi connectivity index (χ0) is 19.3. The van der Waals surface area contributed by atoms with Crippen LogP contribution in [0, 0.1) is 17.3 Å². The highest BCUT2D eigenvalue weighted by Crippen LogP contribution is 2.36. The van der Waals surface area contributed by atoms with Crippen molar-refractivity contribution in [1.29, 1.82) is 0 Å². The van der Waals surface area contributed by atoms with Crippen molar-refractivity contribution in [1.82, 2.24) is 5.06 Å². The number of hydroxylamine groups is 2. The lowest BCUT2D eigenvalue weighted by Crippen LogP contribution is -2.41. The third-order valence-electron chi connectivity index (χ3n) is 4.86. The fourth-order valence-corrected chi connectivity index (χ4v) is 3.04. The van der Waals surface area contributed by atoms with Crippen LogP contribution in [0.4, 0.5) is 0 Å². The van der Waals surface area contributed by atoms with Crippen LogP contribution in [0.1, 0.15) is 47.1 Å². The van der Waals surface area contributed by atoms with E-state index in [1.807, 2.05) is 30.3 Å². The van der Waals surface area contributed by atoms with Gasteiger partial charge in [-0.25, -0.2) is 0 Å². The normalized spacial score (nSPS) is 14.2. The van der Waals surface area contributed by atoms with E-state index in [-0.39, 0.29) is 16.5 Å². The molecule has 140 valence electrons. The second kappa shape index (κ2) is 8.51. The molecule has 0 heterocycles. The summed E-state index contributed by atoms with van der Waals surface area (Å²) in [6, 6.07) is 9.70. The van der Waals surface area contributed by atoms with E-state index in [1.165, 1.54) is 5.06 Å². The van der Waals surface area contributed by atoms with E-state index >= 15 is 0 Å². The van der Waals surface area contributed by atoms with Gasteiger partial charge in [-0.1, -0.05) is 83.7 Å². The summed E-state index contributed by atoms with van der Waals surface area (Å²) in [7, 11) is -1.79. The molecule has 0 aliphatic heterocycles. The molecule has 0 aromatic heterocycles. The van der Waals surface area contributed by atoms with Gasteiger partial charge >= 0.3 is 0 Å². The first kappa shape index (κ1) is 21.9. The van der Waals surface area contributed by atoms with Crippen molar-refractivity contribution < 1.29 is 9.63 Å². The Hall–Kier alpha value is -1.12. The lowest BCUT2D eigenvalue weighted by molar-refractivity contribution is -0.143. The molecule has 0 fully saturated rings. The second-order valence-corrected chi connectivity index (χ2v) is 14.0. The van der Waals surface area contributed by atoms with Crippen LogP contribution in [0.2, 0.25) is 18.1 Å². The lowest BCUT2D eigenvalue weighted by Gasteiger charge is -2.35. The molecule has 0 radical (unpaired) electrons. The van der Waals surface area contributed by atoms with Crippen molar-refractivity contribution in [3.05, 3.63) is 35.9 Å². The highest BCUT2D eigenvalue weighted by molar-refractivity contribution is 6.74. The number of hydrogen-bond donors (Lipinski definition) is 1. The molecule has 0 aliphatic rings. The Bertz CT molecular complexity index is 588. The first-order valence-electron chi connectivity index (χ1n) is 8.96. The van der Waals surface area contributed by atoms with Gasteiger partial charge in [0.1, 0.15) is 6.04 Å². The van der Waals surface area contributed by atoms with Gasteiger partial charge in [0.25, 0.3) is 0 Å². The van der Waals surface area contributed by atoms with E-state index < -0.39 is 8.32 Å². The highest BCUT2D eigenvalue weighted by atomic mass is 28.4. The summed E-state index contributed by atoms with van der Waals surface area (Å²) in [5.74, 6) is 6.37. The van der Waals surface area contributed by atoms with Gasteiger partial charge in [0.15, 0.2) is 8.32 Å². The van der Waals surface area contributed by atoms with E-state index in [2.05, 4.69) is 66.5 Å². The molecular weight excluding hydrogens is 326 g/mol. The molecule has 1 rings (SSSR count). The van der Waals surface area contributed by atoms with Gasteiger partial charge in [-0.05, 0) is 29.1 Å². The third-order valence-corrected chi connectivity index (χ3v) is 9.33. The predicted molar refractivity (Wildman–Crippen MR) is 108 cm³/mol. The van der Waals surface area contributed by atoms with Crippen LogP contribution in [0.5, 0.6) is 0 Å². The van der Waals surface area contributed by atoms with E-state index in [4.69, 9.17) is 4.43 Å². The molecule has 0 saturated carbocycles. The molecule has 0 spiro atoms. The van der Waals surface area contributed by atoms with E-state index in [0.717, 1.165) is 5.56 Å². The van der Waals surface area contributed by atoms with Gasteiger partial charge in [0.05, 0.1) is 13.2 Å². The molecule has 0 bridgehead atoms. The fourth-order valence-electron chi connectivity index (χ4n) is 2.17. The minimum atomic E-state index is -1.79. The van der Waals surface area contributed by atoms with Gasteiger partial charge in [-0.15, -0.1) is 0 Å². The van der Waals surface area contributed by atoms with Crippen molar-refractivity contribution in [3.8, 4) is 11.8 Å². The molecule has 1 atom stereocenters. The summed E-state index contributed by atoms with van der Waals surface area (Å²) in [5, 5.41) is 12.1. The Morgan fingerprint density at radius 2 is 1.64 bits per heavy atom. The summed E-state index contributed by atoms with van der Waals surface area (Å²) in [4.78, 5) is 0. The average Bonchev–Trinajstić information content (AvgIpc) is 2.45. The highest BCUT2D eigenvalue weighted by Gasteiger charge is 2.36. The first-order valence-corrected chi connectivity index (χ1v) is 11.9. The summed E-state index contributed by atoms with van der Waals surface area (Å²) in [6.45, 7) is 18.3. The van der Waals surface area contributed by atoms with E-state index in [1.54, 1.807) is 0 Å². The first-order chi connectivity index (χ1) is 11.3. The maximum absolute atomic E-state index is 10.6. The fraction of sp³-hybridized carbons (Fsp3) is 0.619. The van der Waals surface area contributed by atoms with E-state index in [9.17, 15) is 5.21 Å². The molecule has 4 heteroatoms. The Kier molecular flexibility index (Phi) is 7.46. The summed E-state index contributed by atoms with van der Waals surface area (Å²) in [6.07, 6.45) is 0. The Morgan fingerprint density at radius 1 is 1.08 bits per heavy atom. The maximum atomic E-state index is 10.6. The molecule has 0 amide bonds. The predicted octanol–water partition coefficient (Wildman–Crippen LogP) is 5.32. The molecule has 25 heavy (non-hydrogen) atoms. The zero-order valence-electron chi connectivity index (χ0n) is 17.2. The monoisotopic (exact) mass is 361 g/mol. The van der Waals surface area contributed by atoms with Crippen LogP contribution in [0.25, 0.3) is 0 Å². The molecule has 0 aliphatic carbocycles. The number of nitrogens with zero attached hydrogens (tertiary/aromatic N) is 1. The number of hydrogen-bond acceptors (Lipinski definition) is 3. The maximum Gasteiger partial charge on any atom is 0.193 e. The minimum absolute atomic E-state index is 0.159. The van der Waals surface area contributed by atoms with Gasteiger partial charge < -0.3 is 9.63 Å². The van der Waals surface area contributed by atoms with Crippen molar-refractivity contribution in [2.45, 2.75) is 72.3 Å². The third kappa shape index (κ3) is 6.95. The van der Waals surface area contributed by atoms with Crippen molar-refractivity contribution >= 4 is 8.32 Å². The summed E-state index contributed by atoms with van der Waals surface area (Å²) in [5.41, 5.74) is 0.909. The Labute approximate surface area is 155 Å². The summed E-state index contributed by atoms with van der Waals surface area (Å²) >= 11 is 0. The van der Waals surface area contributed by atoms with E-state index in [0.29, 0.717) is 13.2 Å². The standard InChI is InChI=1S/C21H35NO2Si/c1-20(2,3)19(22(23)17-18-13-10-9-11-14-18)15-12-16-24-25(7,8)21(4,5)6/h9-11,13-14,19,23H,16-17H2,1-8H3. The lowest BCUT2D eigenvalue weighted by atomic mass is 9.86. The molecule has 1 aromatic rings. The molecule has 1 aromatic carbocycles. The van der Waals surface area contributed by atoms with Gasteiger partial charge in [-0.3, -0.25) is 0 Å². The molecule has 1 N–H and O–H groups in total. The largest absolute Gasteiger partial charge is 0.406 e. The van der Waals surface area contributed by atoms with Gasteiger partial charge in [0.2, 0.25) is 0 Å².